The second-order valence-electron chi connectivity index (χ2n) is 4.08. The molecule has 1 amide bonds. The molecule has 6 nitrogen and oxygen atoms in total. The maximum Gasteiger partial charge on any atom is 0.328 e. The number of hydrogen-bond donors (Lipinski definition) is 2. The first-order chi connectivity index (χ1) is 8.97. The Hall–Kier alpha value is -2.63. The Labute approximate surface area is 109 Å². The highest BCUT2D eigenvalue weighted by atomic mass is 16.4. The van der Waals surface area contributed by atoms with E-state index in [0.29, 0.717) is 17.0 Å². The summed E-state index contributed by atoms with van der Waals surface area (Å²) in [6.45, 7) is 3.27. The first-order valence-electron chi connectivity index (χ1n) is 5.64. The number of aliphatic carboxylic acids is 1. The van der Waals surface area contributed by atoms with E-state index in [2.05, 4.69) is 10.3 Å². The van der Waals surface area contributed by atoms with Gasteiger partial charge in [0.2, 0.25) is 5.91 Å². The summed E-state index contributed by atoms with van der Waals surface area (Å²) in [5.74, 6) is -1.17. The largest absolute Gasteiger partial charge is 0.478 e. The van der Waals surface area contributed by atoms with E-state index in [1.54, 1.807) is 22.7 Å². The van der Waals surface area contributed by atoms with Gasteiger partial charge in [0.05, 0.1) is 11.4 Å². The van der Waals surface area contributed by atoms with Crippen LogP contribution in [0.4, 0.5) is 5.69 Å². The van der Waals surface area contributed by atoms with Crippen molar-refractivity contribution in [1.82, 2.24) is 9.38 Å². The molecule has 0 aliphatic carbocycles. The van der Waals surface area contributed by atoms with Crippen molar-refractivity contribution >= 4 is 29.3 Å². The van der Waals surface area contributed by atoms with Gasteiger partial charge in [0.15, 0.2) is 0 Å². The number of carbonyl (C=O) groups excluding carboxylic acids is 1. The zero-order valence-electron chi connectivity index (χ0n) is 10.5. The molecular formula is C13H13N3O3. The molecular weight excluding hydrogens is 246 g/mol. The molecule has 0 spiro atoms. The lowest BCUT2D eigenvalue weighted by molar-refractivity contribution is -0.131. The topological polar surface area (TPSA) is 83.7 Å². The van der Waals surface area contributed by atoms with Crippen LogP contribution in [0.3, 0.4) is 0 Å². The highest BCUT2D eigenvalue weighted by Crippen LogP contribution is 2.16. The number of anilines is 1. The lowest BCUT2D eigenvalue weighted by Gasteiger charge is -2.03. The van der Waals surface area contributed by atoms with E-state index < -0.39 is 5.97 Å². The minimum absolute atomic E-state index is 0.150. The van der Waals surface area contributed by atoms with Crippen LogP contribution in [-0.2, 0) is 9.59 Å². The number of fused-ring (bicyclic) bond motifs is 1. The highest BCUT2D eigenvalue weighted by Gasteiger charge is 2.07. The first kappa shape index (κ1) is 12.8. The molecule has 0 bridgehead atoms. The minimum atomic E-state index is -1.02. The van der Waals surface area contributed by atoms with Crippen LogP contribution < -0.4 is 5.32 Å². The summed E-state index contributed by atoms with van der Waals surface area (Å²) in [4.78, 5) is 25.8. The zero-order chi connectivity index (χ0) is 14.0. The second kappa shape index (κ2) is 4.93. The fourth-order valence-electron chi connectivity index (χ4n) is 1.77. The standard InChI is InChI=1S/C13H13N3O3/c1-8-11(4-6-13(18)19)15-12-5-3-10(7-16(8)12)14-9(2)17/h3-7H,1-2H3,(H,14,17)(H,18,19). The first-order valence-corrected chi connectivity index (χ1v) is 5.64. The predicted octanol–water partition coefficient (Wildman–Crippen LogP) is 1.70. The number of carboxylic acid groups (broad SMARTS) is 1. The fourth-order valence-corrected chi connectivity index (χ4v) is 1.77. The zero-order valence-corrected chi connectivity index (χ0v) is 10.5. The summed E-state index contributed by atoms with van der Waals surface area (Å²) in [6.07, 6.45) is 4.24. The highest BCUT2D eigenvalue weighted by molar-refractivity contribution is 5.88. The van der Waals surface area contributed by atoms with Crippen LogP contribution in [0.1, 0.15) is 18.3 Å². The number of carboxylic acids is 1. The summed E-state index contributed by atoms with van der Waals surface area (Å²) < 4.78 is 1.80. The summed E-state index contributed by atoms with van der Waals surface area (Å²) >= 11 is 0. The third kappa shape index (κ3) is 2.79. The predicted molar refractivity (Wildman–Crippen MR) is 70.9 cm³/mol. The van der Waals surface area contributed by atoms with Crippen LogP contribution in [-0.4, -0.2) is 26.4 Å². The third-order valence-corrected chi connectivity index (χ3v) is 2.60. The van der Waals surface area contributed by atoms with Gasteiger partial charge in [0, 0.05) is 24.9 Å². The number of nitrogens with one attached hydrogen (secondary N) is 1. The average molecular weight is 259 g/mol. The Morgan fingerprint density at radius 2 is 2.16 bits per heavy atom. The Kier molecular flexibility index (Phi) is 3.33. The van der Waals surface area contributed by atoms with Crippen molar-refractivity contribution in [1.29, 1.82) is 0 Å². The van der Waals surface area contributed by atoms with Gasteiger partial charge in [-0.15, -0.1) is 0 Å². The summed E-state index contributed by atoms with van der Waals surface area (Å²) in [5.41, 5.74) is 2.74. The van der Waals surface area contributed by atoms with E-state index in [1.807, 2.05) is 6.92 Å². The summed E-state index contributed by atoms with van der Waals surface area (Å²) in [5, 5.41) is 11.3. The van der Waals surface area contributed by atoms with Crippen molar-refractivity contribution in [3.05, 3.63) is 35.8 Å². The van der Waals surface area contributed by atoms with Gasteiger partial charge >= 0.3 is 5.97 Å². The van der Waals surface area contributed by atoms with Gasteiger partial charge in [-0.3, -0.25) is 4.79 Å². The molecule has 0 fully saturated rings. The van der Waals surface area contributed by atoms with Crippen molar-refractivity contribution in [3.8, 4) is 0 Å². The number of amides is 1. The number of aryl methyl sites for hydroxylation is 1. The molecule has 2 N–H and O–H groups in total. The smallest absolute Gasteiger partial charge is 0.328 e. The number of nitrogens with zero attached hydrogens (tertiary/aromatic N) is 2. The van der Waals surface area contributed by atoms with Gasteiger partial charge in [-0.25, -0.2) is 9.78 Å². The Morgan fingerprint density at radius 1 is 1.42 bits per heavy atom. The van der Waals surface area contributed by atoms with Gasteiger partial charge in [-0.05, 0) is 25.1 Å². The Morgan fingerprint density at radius 3 is 2.79 bits per heavy atom. The van der Waals surface area contributed by atoms with Crippen molar-refractivity contribution < 1.29 is 14.7 Å². The molecule has 2 aromatic heterocycles. The number of carbonyl (C=O) groups is 2. The monoisotopic (exact) mass is 259 g/mol. The quantitative estimate of drug-likeness (QED) is 0.822. The van der Waals surface area contributed by atoms with Gasteiger partial charge in [-0.1, -0.05) is 0 Å². The van der Waals surface area contributed by atoms with E-state index in [0.717, 1.165) is 11.8 Å². The summed E-state index contributed by atoms with van der Waals surface area (Å²) in [7, 11) is 0. The van der Waals surface area contributed by atoms with Crippen LogP contribution in [0.15, 0.2) is 24.4 Å². The van der Waals surface area contributed by atoms with E-state index in [9.17, 15) is 9.59 Å². The Balaban J connectivity index is 2.45. The summed E-state index contributed by atoms with van der Waals surface area (Å²) in [6, 6.07) is 3.50. The SMILES string of the molecule is CC(=O)Nc1ccc2nc(C=CC(=O)O)c(C)n2c1. The molecule has 0 aliphatic rings. The molecule has 0 unspecified atom stereocenters. The maximum atomic E-state index is 11.0. The van der Waals surface area contributed by atoms with E-state index in [-0.39, 0.29) is 5.91 Å². The molecule has 0 radical (unpaired) electrons. The average Bonchev–Trinajstić information content (AvgIpc) is 2.63. The third-order valence-electron chi connectivity index (χ3n) is 2.60. The second-order valence-corrected chi connectivity index (χ2v) is 4.08. The Bertz CT molecular complexity index is 686. The molecule has 2 heterocycles. The van der Waals surface area contributed by atoms with Crippen molar-refractivity contribution in [2.75, 3.05) is 5.32 Å². The number of rotatable bonds is 3. The van der Waals surface area contributed by atoms with Crippen LogP contribution >= 0.6 is 0 Å². The molecule has 98 valence electrons. The minimum Gasteiger partial charge on any atom is -0.478 e. The van der Waals surface area contributed by atoms with Gasteiger partial charge in [-0.2, -0.15) is 0 Å². The van der Waals surface area contributed by atoms with Crippen molar-refractivity contribution in [2.45, 2.75) is 13.8 Å². The molecule has 2 rings (SSSR count). The van der Waals surface area contributed by atoms with Crippen molar-refractivity contribution in [2.24, 2.45) is 0 Å². The van der Waals surface area contributed by atoms with E-state index in [4.69, 9.17) is 5.11 Å². The normalized spacial score (nSPS) is 11.1. The molecule has 0 atom stereocenters. The molecule has 0 aliphatic heterocycles. The van der Waals surface area contributed by atoms with E-state index in [1.165, 1.54) is 13.0 Å². The molecule has 0 saturated heterocycles. The van der Waals surface area contributed by atoms with Gasteiger partial charge in [0.1, 0.15) is 5.65 Å². The lowest BCUT2D eigenvalue weighted by Crippen LogP contribution is -2.06. The molecule has 19 heavy (non-hydrogen) atoms. The number of pyridine rings is 1. The van der Waals surface area contributed by atoms with Gasteiger partial charge in [0.25, 0.3) is 0 Å². The van der Waals surface area contributed by atoms with Crippen LogP contribution in [0, 0.1) is 6.92 Å². The molecule has 0 saturated carbocycles. The molecule has 2 aromatic rings. The number of hydrogen-bond acceptors (Lipinski definition) is 3. The van der Waals surface area contributed by atoms with E-state index >= 15 is 0 Å². The number of aromatic nitrogens is 2. The fraction of sp³-hybridized carbons (Fsp3) is 0.154. The van der Waals surface area contributed by atoms with Gasteiger partial charge < -0.3 is 14.8 Å². The van der Waals surface area contributed by atoms with Crippen LogP contribution in [0.2, 0.25) is 0 Å². The lowest BCUT2D eigenvalue weighted by atomic mass is 10.3. The maximum absolute atomic E-state index is 11.0. The van der Waals surface area contributed by atoms with Crippen LogP contribution in [0.25, 0.3) is 11.7 Å². The molecule has 6 heteroatoms. The van der Waals surface area contributed by atoms with Crippen molar-refractivity contribution in [3.63, 3.8) is 0 Å². The van der Waals surface area contributed by atoms with Crippen LogP contribution in [0.5, 0.6) is 0 Å². The number of imidazole rings is 1. The molecule has 0 aromatic carbocycles.